The number of hydrogen-bond acceptors (Lipinski definition) is 3. The first-order valence-electron chi connectivity index (χ1n) is 5.46. The van der Waals surface area contributed by atoms with E-state index in [1.807, 2.05) is 18.4 Å². The van der Waals surface area contributed by atoms with Crippen LogP contribution < -0.4 is 0 Å². The van der Waals surface area contributed by atoms with Crippen molar-refractivity contribution in [2.75, 3.05) is 0 Å². The monoisotopic (exact) mass is 235 g/mol. The first kappa shape index (κ1) is 11.7. The first-order chi connectivity index (χ1) is 8.17. The van der Waals surface area contributed by atoms with Gasteiger partial charge in [0.1, 0.15) is 12.4 Å². The van der Waals surface area contributed by atoms with Gasteiger partial charge in [-0.3, -0.25) is 0 Å². The summed E-state index contributed by atoms with van der Waals surface area (Å²) in [7, 11) is 0. The average molecular weight is 235 g/mol. The molecule has 0 unspecified atom stereocenters. The Hall–Kier alpha value is -1.75. The lowest BCUT2D eigenvalue weighted by molar-refractivity contribution is 0.265. The van der Waals surface area contributed by atoms with Gasteiger partial charge < -0.3 is 9.67 Å². The van der Waals surface area contributed by atoms with E-state index in [0.717, 1.165) is 11.1 Å². The predicted octanol–water partition coefficient (Wildman–Crippen LogP) is 1.90. The molecule has 0 amide bonds. The molecule has 5 heteroatoms. The fourth-order valence-corrected chi connectivity index (χ4v) is 1.86. The van der Waals surface area contributed by atoms with Crippen LogP contribution in [-0.4, -0.2) is 19.9 Å². The van der Waals surface area contributed by atoms with Crippen LogP contribution in [0, 0.1) is 12.7 Å². The molecule has 0 bridgehead atoms. The van der Waals surface area contributed by atoms with Crippen LogP contribution >= 0.6 is 0 Å². The molecule has 0 aliphatic heterocycles. The van der Waals surface area contributed by atoms with Gasteiger partial charge >= 0.3 is 0 Å². The van der Waals surface area contributed by atoms with Crippen LogP contribution in [0.5, 0.6) is 0 Å². The van der Waals surface area contributed by atoms with Crippen LogP contribution in [0.1, 0.15) is 18.3 Å². The summed E-state index contributed by atoms with van der Waals surface area (Å²) in [6.45, 7) is 4.28. The van der Waals surface area contributed by atoms with Crippen molar-refractivity contribution in [3.05, 3.63) is 35.4 Å². The van der Waals surface area contributed by atoms with Gasteiger partial charge in [-0.05, 0) is 37.6 Å². The molecule has 0 fully saturated rings. The maximum absolute atomic E-state index is 13.0. The largest absolute Gasteiger partial charge is 0.388 e. The number of benzene rings is 1. The number of aliphatic hydroxyl groups is 1. The lowest BCUT2D eigenvalue weighted by Gasteiger charge is -2.08. The molecule has 2 rings (SSSR count). The van der Waals surface area contributed by atoms with Crippen LogP contribution in [0.3, 0.4) is 0 Å². The SMILES string of the molecule is CCn1c(CO)nnc1-c1ccc(F)cc1C. The smallest absolute Gasteiger partial charge is 0.164 e. The number of aryl methyl sites for hydroxylation is 1. The second kappa shape index (κ2) is 4.63. The lowest BCUT2D eigenvalue weighted by Crippen LogP contribution is -2.04. The Balaban J connectivity index is 2.56. The summed E-state index contributed by atoms with van der Waals surface area (Å²) >= 11 is 0. The van der Waals surface area contributed by atoms with Gasteiger partial charge in [0.05, 0.1) is 0 Å². The highest BCUT2D eigenvalue weighted by atomic mass is 19.1. The summed E-state index contributed by atoms with van der Waals surface area (Å²) in [5.74, 6) is 0.913. The van der Waals surface area contributed by atoms with Crippen LogP contribution in [0.15, 0.2) is 18.2 Å². The van der Waals surface area contributed by atoms with Gasteiger partial charge in [-0.2, -0.15) is 0 Å². The van der Waals surface area contributed by atoms with Gasteiger partial charge in [0.15, 0.2) is 11.6 Å². The Kier molecular flexibility index (Phi) is 3.19. The Morgan fingerprint density at radius 3 is 2.71 bits per heavy atom. The molecular formula is C12H14FN3O. The minimum absolute atomic E-state index is 0.152. The number of halogens is 1. The van der Waals surface area contributed by atoms with E-state index < -0.39 is 0 Å². The summed E-state index contributed by atoms with van der Waals surface area (Å²) in [6, 6.07) is 4.54. The fourth-order valence-electron chi connectivity index (χ4n) is 1.86. The van der Waals surface area contributed by atoms with Crippen molar-refractivity contribution in [3.8, 4) is 11.4 Å². The van der Waals surface area contributed by atoms with Crippen LogP contribution in [0.2, 0.25) is 0 Å². The lowest BCUT2D eigenvalue weighted by atomic mass is 10.1. The van der Waals surface area contributed by atoms with Crippen molar-refractivity contribution in [1.29, 1.82) is 0 Å². The third kappa shape index (κ3) is 2.06. The summed E-state index contributed by atoms with van der Waals surface area (Å²) in [5.41, 5.74) is 1.64. The van der Waals surface area contributed by atoms with E-state index in [2.05, 4.69) is 10.2 Å². The Labute approximate surface area is 98.7 Å². The van der Waals surface area contributed by atoms with Crippen molar-refractivity contribution in [2.45, 2.75) is 27.0 Å². The summed E-state index contributed by atoms with van der Waals surface area (Å²) in [5, 5.41) is 17.1. The number of hydrogen-bond donors (Lipinski definition) is 1. The number of rotatable bonds is 3. The van der Waals surface area contributed by atoms with Gasteiger partial charge in [0.25, 0.3) is 0 Å². The molecule has 1 heterocycles. The van der Waals surface area contributed by atoms with E-state index in [9.17, 15) is 4.39 Å². The Morgan fingerprint density at radius 1 is 1.35 bits per heavy atom. The highest BCUT2D eigenvalue weighted by molar-refractivity contribution is 5.60. The molecule has 90 valence electrons. The number of nitrogens with zero attached hydrogens (tertiary/aromatic N) is 3. The third-order valence-corrected chi connectivity index (χ3v) is 2.71. The second-order valence-electron chi connectivity index (χ2n) is 3.80. The zero-order chi connectivity index (χ0) is 12.4. The molecule has 17 heavy (non-hydrogen) atoms. The van der Waals surface area contributed by atoms with Crippen molar-refractivity contribution < 1.29 is 9.50 Å². The first-order valence-corrected chi connectivity index (χ1v) is 5.46. The topological polar surface area (TPSA) is 50.9 Å². The molecular weight excluding hydrogens is 221 g/mol. The quantitative estimate of drug-likeness (QED) is 0.884. The zero-order valence-electron chi connectivity index (χ0n) is 9.81. The molecule has 4 nitrogen and oxygen atoms in total. The normalized spacial score (nSPS) is 10.8. The highest BCUT2D eigenvalue weighted by Gasteiger charge is 2.13. The average Bonchev–Trinajstić information content (AvgIpc) is 2.71. The molecule has 0 aliphatic carbocycles. The van der Waals surface area contributed by atoms with Gasteiger partial charge in [0.2, 0.25) is 0 Å². The molecule has 0 aliphatic rings. The maximum atomic E-state index is 13.0. The van der Waals surface area contributed by atoms with Crippen molar-refractivity contribution in [1.82, 2.24) is 14.8 Å². The van der Waals surface area contributed by atoms with Gasteiger partial charge in [0, 0.05) is 12.1 Å². The van der Waals surface area contributed by atoms with Gasteiger partial charge in [-0.25, -0.2) is 4.39 Å². The van der Waals surface area contributed by atoms with Gasteiger partial charge in [-0.15, -0.1) is 10.2 Å². The third-order valence-electron chi connectivity index (χ3n) is 2.71. The molecule has 0 saturated carbocycles. The van der Waals surface area contributed by atoms with E-state index >= 15 is 0 Å². The standard InChI is InChI=1S/C12H14FN3O/c1-3-16-11(7-17)14-15-12(16)10-5-4-9(13)6-8(10)2/h4-6,17H,3,7H2,1-2H3. The predicted molar refractivity (Wildman–Crippen MR) is 61.7 cm³/mol. The van der Waals surface area contributed by atoms with E-state index in [1.54, 1.807) is 6.07 Å². The second-order valence-corrected chi connectivity index (χ2v) is 3.80. The van der Waals surface area contributed by atoms with Crippen molar-refractivity contribution >= 4 is 0 Å². The van der Waals surface area contributed by atoms with Crippen molar-refractivity contribution in [2.24, 2.45) is 0 Å². The molecule has 0 atom stereocenters. The summed E-state index contributed by atoms with van der Waals surface area (Å²) < 4.78 is 14.9. The minimum atomic E-state index is -0.267. The molecule has 0 radical (unpaired) electrons. The molecule has 0 saturated heterocycles. The molecule has 1 N–H and O–H groups in total. The van der Waals surface area contributed by atoms with Crippen LogP contribution in [-0.2, 0) is 13.2 Å². The van der Waals surface area contributed by atoms with E-state index in [0.29, 0.717) is 18.2 Å². The van der Waals surface area contributed by atoms with Crippen LogP contribution in [0.4, 0.5) is 4.39 Å². The zero-order valence-corrected chi connectivity index (χ0v) is 9.81. The minimum Gasteiger partial charge on any atom is -0.388 e. The number of aliphatic hydroxyl groups excluding tert-OH is 1. The fraction of sp³-hybridized carbons (Fsp3) is 0.333. The highest BCUT2D eigenvalue weighted by Crippen LogP contribution is 2.23. The van der Waals surface area contributed by atoms with E-state index in [4.69, 9.17) is 5.11 Å². The molecule has 1 aromatic heterocycles. The molecule has 1 aromatic carbocycles. The van der Waals surface area contributed by atoms with E-state index in [1.165, 1.54) is 12.1 Å². The van der Waals surface area contributed by atoms with E-state index in [-0.39, 0.29) is 12.4 Å². The van der Waals surface area contributed by atoms with Crippen molar-refractivity contribution in [3.63, 3.8) is 0 Å². The number of aromatic nitrogens is 3. The van der Waals surface area contributed by atoms with Gasteiger partial charge in [-0.1, -0.05) is 0 Å². The Bertz CT molecular complexity index is 537. The maximum Gasteiger partial charge on any atom is 0.164 e. The molecule has 2 aromatic rings. The summed E-state index contributed by atoms with van der Waals surface area (Å²) in [6.07, 6.45) is 0. The summed E-state index contributed by atoms with van der Waals surface area (Å²) in [4.78, 5) is 0. The Morgan fingerprint density at radius 2 is 2.12 bits per heavy atom. The van der Waals surface area contributed by atoms with Crippen LogP contribution in [0.25, 0.3) is 11.4 Å². The molecule has 0 spiro atoms.